The van der Waals surface area contributed by atoms with E-state index in [2.05, 4.69) is 16.5 Å². The van der Waals surface area contributed by atoms with Gasteiger partial charge in [0.05, 0.1) is 34.6 Å². The molecule has 10 heteroatoms. The molecular formula is C34H36N4O6. The van der Waals surface area contributed by atoms with Crippen LogP contribution in [0.3, 0.4) is 0 Å². The van der Waals surface area contributed by atoms with Gasteiger partial charge < -0.3 is 25.3 Å². The number of aryl methyl sites for hydroxylation is 2. The smallest absolute Gasteiger partial charge is 0.338 e. The normalized spacial score (nSPS) is 16.3. The summed E-state index contributed by atoms with van der Waals surface area (Å²) in [6.07, 6.45) is 2.04. The fourth-order valence-electron chi connectivity index (χ4n) is 6.53. The number of nitrogens with zero attached hydrogens (tertiary/aromatic N) is 2. The molecule has 228 valence electrons. The van der Waals surface area contributed by atoms with Crippen molar-refractivity contribution in [3.8, 4) is 0 Å². The van der Waals surface area contributed by atoms with Crippen LogP contribution in [0.5, 0.6) is 0 Å². The molecular weight excluding hydrogens is 560 g/mol. The van der Waals surface area contributed by atoms with E-state index in [0.29, 0.717) is 34.6 Å². The van der Waals surface area contributed by atoms with E-state index in [1.807, 2.05) is 45.9 Å². The van der Waals surface area contributed by atoms with Crippen LogP contribution >= 0.6 is 0 Å². The molecule has 0 amide bonds. The molecule has 2 atom stereocenters. The van der Waals surface area contributed by atoms with Crippen LogP contribution in [0.2, 0.25) is 0 Å². The Labute approximate surface area is 254 Å². The zero-order valence-electron chi connectivity index (χ0n) is 25.5. The molecule has 1 unspecified atom stereocenters. The van der Waals surface area contributed by atoms with Crippen molar-refractivity contribution in [2.45, 2.75) is 72.1 Å². The fraction of sp³-hybridized carbons (Fsp3) is 0.324. The Hall–Kier alpha value is -4.99. The van der Waals surface area contributed by atoms with Crippen LogP contribution in [-0.4, -0.2) is 53.2 Å². The van der Waals surface area contributed by atoms with Crippen LogP contribution in [0, 0.1) is 13.8 Å². The number of aromatic nitrogens is 4. The summed E-state index contributed by atoms with van der Waals surface area (Å²) in [7, 11) is 0. The molecule has 5 rings (SSSR count). The van der Waals surface area contributed by atoms with Gasteiger partial charge in [-0.1, -0.05) is 26.5 Å². The van der Waals surface area contributed by atoms with Gasteiger partial charge in [0.15, 0.2) is 0 Å². The maximum absolute atomic E-state index is 12.7. The molecule has 0 saturated heterocycles. The van der Waals surface area contributed by atoms with Gasteiger partial charge in [0.25, 0.3) is 0 Å². The summed E-state index contributed by atoms with van der Waals surface area (Å²) in [6.45, 7) is 13.7. The van der Waals surface area contributed by atoms with E-state index < -0.39 is 30.2 Å². The lowest BCUT2D eigenvalue weighted by Gasteiger charge is -2.17. The highest BCUT2D eigenvalue weighted by atomic mass is 16.4. The largest absolute Gasteiger partial charge is 0.481 e. The summed E-state index contributed by atoms with van der Waals surface area (Å²) >= 11 is 0. The molecule has 3 aromatic heterocycles. The highest BCUT2D eigenvalue weighted by Gasteiger charge is 2.33. The van der Waals surface area contributed by atoms with Crippen molar-refractivity contribution in [2.75, 3.05) is 0 Å². The Bertz CT molecular complexity index is 1940. The second-order valence-electron chi connectivity index (χ2n) is 11.5. The summed E-state index contributed by atoms with van der Waals surface area (Å²) in [6, 6.07) is 5.70. The van der Waals surface area contributed by atoms with Crippen molar-refractivity contribution in [3.05, 3.63) is 75.4 Å². The molecule has 5 N–H and O–H groups in total. The first kappa shape index (κ1) is 30.5. The third-order valence-electron chi connectivity index (χ3n) is 8.95. The van der Waals surface area contributed by atoms with Crippen molar-refractivity contribution in [1.82, 2.24) is 19.9 Å². The molecule has 0 saturated carbocycles. The van der Waals surface area contributed by atoms with Crippen LogP contribution < -0.4 is 0 Å². The van der Waals surface area contributed by atoms with E-state index in [1.165, 1.54) is 0 Å². The topological polar surface area (TPSA) is 169 Å². The minimum atomic E-state index is -1.21. The minimum Gasteiger partial charge on any atom is -0.481 e. The van der Waals surface area contributed by atoms with E-state index in [4.69, 9.17) is 9.97 Å². The molecule has 2 aliphatic heterocycles. The van der Waals surface area contributed by atoms with Gasteiger partial charge in [0, 0.05) is 51.6 Å². The Morgan fingerprint density at radius 1 is 0.932 bits per heavy atom. The number of nitrogens with one attached hydrogen (secondary N) is 2. The predicted molar refractivity (Wildman–Crippen MR) is 170 cm³/mol. The highest BCUT2D eigenvalue weighted by molar-refractivity contribution is 6.02. The Balaban J connectivity index is 2.04. The summed E-state index contributed by atoms with van der Waals surface area (Å²) in [5.74, 6) is -4.06. The van der Waals surface area contributed by atoms with Crippen LogP contribution in [0.15, 0.2) is 24.8 Å². The Morgan fingerprint density at radius 2 is 1.61 bits per heavy atom. The molecule has 10 nitrogen and oxygen atoms in total. The number of carboxylic acid groups (broad SMARTS) is 3. The molecule has 0 spiro atoms. The van der Waals surface area contributed by atoms with Crippen LogP contribution in [0.4, 0.5) is 0 Å². The van der Waals surface area contributed by atoms with Crippen LogP contribution in [0.25, 0.3) is 39.3 Å². The molecule has 0 aromatic carbocycles. The molecule has 8 bridgehead atoms. The third kappa shape index (κ3) is 5.21. The highest BCUT2D eigenvalue weighted by Crippen LogP contribution is 2.43. The summed E-state index contributed by atoms with van der Waals surface area (Å²) in [4.78, 5) is 53.2. The standard InChI is InChI=1S/C34H36N4O6/c1-7-19-15(3)23-12-25-17(5)21(9-10-29(39)40)32(37-25)22(11-30(41)42)33-31(34(43)44)18(6)26(38-33)14-28-20(8-2)16(4)24(36-28)13-27(19)35-23/h7,12-14,17,21,35,38H,1,8-11H2,2-6H3,(H,39,40)(H,41,42)(H,43,44)/t17?,21-/m0/s1. The SMILES string of the molecule is C=Cc1c(C)c2cc3nc(c(CC(=O)O)c4[nH]c(cc5nc(cc1[nH]2)C(C)=C5CC)c(C)c4C(=O)O)[C@@H](CCC(=O)O)C3C. The molecule has 5 heterocycles. The number of hydrogen-bond donors (Lipinski definition) is 5. The third-order valence-corrected chi connectivity index (χ3v) is 8.95. The Kier molecular flexibility index (Phi) is 8.03. The predicted octanol–water partition coefficient (Wildman–Crippen LogP) is 6.99. The van der Waals surface area contributed by atoms with E-state index >= 15 is 0 Å². The van der Waals surface area contributed by atoms with Gasteiger partial charge in [-0.25, -0.2) is 9.78 Å². The number of rotatable bonds is 8. The number of H-pyrrole nitrogens is 2. The monoisotopic (exact) mass is 596 g/mol. The summed E-state index contributed by atoms with van der Waals surface area (Å²) in [5, 5.41) is 29.9. The van der Waals surface area contributed by atoms with Crippen molar-refractivity contribution in [2.24, 2.45) is 0 Å². The van der Waals surface area contributed by atoms with Gasteiger partial charge in [0.2, 0.25) is 0 Å². The first-order valence-electron chi connectivity index (χ1n) is 14.6. The van der Waals surface area contributed by atoms with Gasteiger partial charge in [-0.2, -0.15) is 0 Å². The van der Waals surface area contributed by atoms with Gasteiger partial charge in [0.1, 0.15) is 0 Å². The average molecular weight is 597 g/mol. The Morgan fingerprint density at radius 3 is 2.23 bits per heavy atom. The van der Waals surface area contributed by atoms with Gasteiger partial charge in [-0.05, 0) is 74.1 Å². The molecule has 2 aliphatic rings. The van der Waals surface area contributed by atoms with Gasteiger partial charge in [-0.3, -0.25) is 14.6 Å². The molecule has 0 radical (unpaired) electrons. The average Bonchev–Trinajstić information content (AvgIpc) is 3.63. The molecule has 0 fully saturated rings. The minimum absolute atomic E-state index is 0.0465. The number of allylic oxidation sites excluding steroid dienone is 2. The lowest BCUT2D eigenvalue weighted by atomic mass is 9.85. The number of fused-ring (bicyclic) bond motifs is 8. The van der Waals surface area contributed by atoms with E-state index in [9.17, 15) is 29.7 Å². The first-order valence-corrected chi connectivity index (χ1v) is 14.6. The van der Waals surface area contributed by atoms with Crippen LogP contribution in [0.1, 0.15) is 107 Å². The first-order chi connectivity index (χ1) is 20.9. The quantitative estimate of drug-likeness (QED) is 0.185. The maximum Gasteiger partial charge on any atom is 0.338 e. The number of hydrogen-bond acceptors (Lipinski definition) is 5. The zero-order valence-corrected chi connectivity index (χ0v) is 25.5. The zero-order chi connectivity index (χ0) is 32.0. The van der Waals surface area contributed by atoms with Crippen molar-refractivity contribution >= 4 is 57.2 Å². The van der Waals surface area contributed by atoms with Crippen molar-refractivity contribution in [3.63, 3.8) is 0 Å². The van der Waals surface area contributed by atoms with Crippen molar-refractivity contribution in [1.29, 1.82) is 0 Å². The van der Waals surface area contributed by atoms with E-state index in [-0.39, 0.29) is 35.4 Å². The second-order valence-corrected chi connectivity index (χ2v) is 11.5. The number of carbonyl (C=O) groups is 3. The molecule has 3 aromatic rings. The molecule has 44 heavy (non-hydrogen) atoms. The maximum atomic E-state index is 12.7. The lowest BCUT2D eigenvalue weighted by molar-refractivity contribution is -0.138. The number of aromatic amines is 2. The number of carboxylic acids is 3. The van der Waals surface area contributed by atoms with E-state index in [1.54, 1.807) is 13.0 Å². The van der Waals surface area contributed by atoms with Gasteiger partial charge in [-0.15, -0.1) is 0 Å². The number of aromatic carboxylic acids is 1. The van der Waals surface area contributed by atoms with Gasteiger partial charge >= 0.3 is 17.9 Å². The van der Waals surface area contributed by atoms with Crippen molar-refractivity contribution < 1.29 is 29.7 Å². The molecule has 0 aliphatic carbocycles. The fourth-order valence-corrected chi connectivity index (χ4v) is 6.53. The van der Waals surface area contributed by atoms with Crippen LogP contribution in [-0.2, 0) is 16.0 Å². The summed E-state index contributed by atoms with van der Waals surface area (Å²) < 4.78 is 0. The number of aliphatic carboxylic acids is 2. The summed E-state index contributed by atoms with van der Waals surface area (Å²) in [5.41, 5.74) is 9.25. The lowest BCUT2D eigenvalue weighted by Crippen LogP contribution is -2.11. The van der Waals surface area contributed by atoms with E-state index in [0.717, 1.165) is 39.0 Å². The second kappa shape index (κ2) is 11.6.